The molecule has 0 aromatic carbocycles. The molecule has 0 rings (SSSR count). The molecule has 0 N–H and O–H groups in total. The van der Waals surface area contributed by atoms with Gasteiger partial charge in [0.25, 0.3) is 0 Å². The number of esters is 1. The summed E-state index contributed by atoms with van der Waals surface area (Å²) in [6.45, 7) is 2.61. The Morgan fingerprint density at radius 2 is 1.61 bits per heavy atom. The molecule has 0 fully saturated rings. The van der Waals surface area contributed by atoms with E-state index in [1.807, 2.05) is 0 Å². The highest BCUT2D eigenvalue weighted by molar-refractivity contribution is 14.1. The summed E-state index contributed by atoms with van der Waals surface area (Å²) in [6, 6.07) is 0. The quantitative estimate of drug-likeness (QED) is 0.189. The fourth-order valence-corrected chi connectivity index (χ4v) is 1.92. The molecule has 0 bridgehead atoms. The average Bonchev–Trinajstić information content (AvgIpc) is 2.34. The van der Waals surface area contributed by atoms with Crippen molar-refractivity contribution in [3.63, 3.8) is 0 Å². The summed E-state index contributed by atoms with van der Waals surface area (Å²) in [4.78, 5) is 11.4. The average molecular weight is 543 g/mol. The van der Waals surface area contributed by atoms with Crippen LogP contribution in [0, 0.1) is 0 Å². The molecule has 0 heterocycles. The molecular weight excluding hydrogens is 522 g/mol. The van der Waals surface area contributed by atoms with E-state index in [4.69, 9.17) is 4.74 Å². The molecule has 0 aliphatic heterocycles. The highest BCUT2D eigenvalue weighted by Crippen LogP contribution is 2.24. The summed E-state index contributed by atoms with van der Waals surface area (Å²) in [7, 11) is 0. The molecule has 2 nitrogen and oxygen atoms in total. The smallest absolute Gasteiger partial charge is 0.306 e. The third-order valence-corrected chi connectivity index (χ3v) is 6.30. The number of rotatable bonds is 10. The van der Waals surface area contributed by atoms with E-state index in [9.17, 15) is 4.79 Å². The van der Waals surface area contributed by atoms with Crippen LogP contribution < -0.4 is 0 Å². The van der Waals surface area contributed by atoms with Gasteiger partial charge in [0, 0.05) is 10.0 Å². The van der Waals surface area contributed by atoms with Crippen LogP contribution in [0.25, 0.3) is 0 Å². The Hall–Kier alpha value is 1.15. The van der Waals surface area contributed by atoms with Crippen molar-refractivity contribution in [2.24, 2.45) is 0 Å². The van der Waals surface area contributed by atoms with Crippen molar-refractivity contribution < 1.29 is 9.53 Å². The zero-order chi connectivity index (χ0) is 13.8. The maximum atomic E-state index is 11.4. The van der Waals surface area contributed by atoms with Gasteiger partial charge in [-0.15, -0.1) is 0 Å². The second-order valence-electron chi connectivity index (χ2n) is 4.20. The maximum Gasteiger partial charge on any atom is 0.306 e. The van der Waals surface area contributed by atoms with E-state index in [2.05, 4.69) is 68.0 Å². The first-order valence-corrected chi connectivity index (χ1v) is 9.38. The Morgan fingerprint density at radius 1 is 1.06 bits per heavy atom. The molecule has 0 saturated carbocycles. The van der Waals surface area contributed by atoms with E-state index in [0.717, 1.165) is 18.9 Å². The number of ether oxygens (including phenoxy) is 1. The zero-order valence-corrected chi connectivity index (χ0v) is 16.7. The molecule has 0 aromatic rings. The van der Waals surface area contributed by atoms with Gasteiger partial charge in [0.15, 0.2) is 0 Å². The van der Waals surface area contributed by atoms with Crippen LogP contribution in [0.15, 0.2) is 6.07 Å². The second-order valence-corrected chi connectivity index (χ2v) is 8.85. The standard InChI is InChI=1S/C13H21BrI2O2/c1-2-3-4-5-6-7-8-9-12(17)18-10-11(15)13(14)16/h2-10H2,1H3/b13-11+. The van der Waals surface area contributed by atoms with Gasteiger partial charge in [-0.25, -0.2) is 0 Å². The highest BCUT2D eigenvalue weighted by Gasteiger charge is 2.05. The van der Waals surface area contributed by atoms with Crippen LogP contribution in [0.1, 0.15) is 58.3 Å². The van der Waals surface area contributed by atoms with Gasteiger partial charge in [0.2, 0.25) is 0 Å². The predicted molar refractivity (Wildman–Crippen MR) is 97.6 cm³/mol. The number of hydrogen-bond acceptors (Lipinski definition) is 2. The SMILES string of the molecule is CCCCCCCCCC(=O)OC/C(I)=C(/Br)I. The summed E-state index contributed by atoms with van der Waals surface area (Å²) >= 11 is 7.69. The summed E-state index contributed by atoms with van der Waals surface area (Å²) in [5.74, 6) is -0.0807. The lowest BCUT2D eigenvalue weighted by molar-refractivity contribution is -0.142. The lowest BCUT2D eigenvalue weighted by Crippen LogP contribution is -2.05. The molecular formula is C13H21BrI2O2. The molecule has 0 aliphatic carbocycles. The van der Waals surface area contributed by atoms with Crippen LogP contribution in [-0.4, -0.2) is 12.6 Å². The Kier molecular flexibility index (Phi) is 14.0. The largest absolute Gasteiger partial charge is 0.460 e. The van der Waals surface area contributed by atoms with Crippen LogP contribution in [0.3, 0.4) is 0 Å². The monoisotopic (exact) mass is 542 g/mol. The number of hydrogen-bond donors (Lipinski definition) is 0. The Morgan fingerprint density at radius 3 is 2.17 bits per heavy atom. The lowest BCUT2D eigenvalue weighted by atomic mass is 10.1. The fraction of sp³-hybridized carbons (Fsp3) is 0.769. The zero-order valence-electron chi connectivity index (χ0n) is 10.8. The van der Waals surface area contributed by atoms with Gasteiger partial charge < -0.3 is 4.74 Å². The molecule has 0 atom stereocenters. The second kappa shape index (κ2) is 13.1. The molecule has 0 saturated heterocycles. The van der Waals surface area contributed by atoms with E-state index in [1.54, 1.807) is 0 Å². The van der Waals surface area contributed by atoms with E-state index < -0.39 is 0 Å². The molecule has 0 radical (unpaired) electrons. The molecule has 0 spiro atoms. The Labute approximate surface area is 146 Å². The van der Waals surface area contributed by atoms with Crippen molar-refractivity contribution in [2.45, 2.75) is 58.3 Å². The Balaban J connectivity index is 3.41. The summed E-state index contributed by atoms with van der Waals surface area (Å²) < 4.78 is 7.20. The van der Waals surface area contributed by atoms with Crippen molar-refractivity contribution in [1.82, 2.24) is 0 Å². The van der Waals surface area contributed by atoms with Gasteiger partial charge in [0.05, 0.1) is 2.49 Å². The first kappa shape index (κ1) is 19.1. The van der Waals surface area contributed by atoms with Crippen molar-refractivity contribution in [2.75, 3.05) is 6.61 Å². The number of carbonyl (C=O) groups is 1. The van der Waals surface area contributed by atoms with Gasteiger partial charge in [0.1, 0.15) is 6.61 Å². The maximum absolute atomic E-state index is 11.4. The normalized spacial score (nSPS) is 12.2. The topological polar surface area (TPSA) is 26.3 Å². The van der Waals surface area contributed by atoms with Crippen LogP contribution in [0.4, 0.5) is 0 Å². The van der Waals surface area contributed by atoms with Crippen LogP contribution in [0.2, 0.25) is 0 Å². The van der Waals surface area contributed by atoms with Crippen molar-refractivity contribution in [1.29, 1.82) is 0 Å². The predicted octanol–water partition coefficient (Wildman–Crippen LogP) is 6.10. The number of halogens is 3. The third kappa shape index (κ3) is 12.2. The van der Waals surface area contributed by atoms with Gasteiger partial charge >= 0.3 is 5.97 Å². The summed E-state index contributed by atoms with van der Waals surface area (Å²) in [6.07, 6.45) is 9.13. The molecule has 0 aromatic heterocycles. The first-order chi connectivity index (χ1) is 8.57. The van der Waals surface area contributed by atoms with E-state index >= 15 is 0 Å². The number of carbonyl (C=O) groups excluding carboxylic acids is 1. The van der Waals surface area contributed by atoms with E-state index in [0.29, 0.717) is 13.0 Å². The molecule has 0 aliphatic rings. The summed E-state index contributed by atoms with van der Waals surface area (Å²) in [5, 5.41) is 0. The van der Waals surface area contributed by atoms with Crippen LogP contribution in [-0.2, 0) is 9.53 Å². The van der Waals surface area contributed by atoms with Crippen LogP contribution >= 0.6 is 61.1 Å². The molecule has 0 amide bonds. The minimum absolute atomic E-state index is 0.0807. The van der Waals surface area contributed by atoms with Gasteiger partial charge in [-0.05, 0) is 67.5 Å². The minimum Gasteiger partial charge on any atom is -0.460 e. The van der Waals surface area contributed by atoms with E-state index in [-0.39, 0.29) is 5.97 Å². The van der Waals surface area contributed by atoms with Crippen LogP contribution in [0.5, 0.6) is 0 Å². The first-order valence-electron chi connectivity index (χ1n) is 6.43. The highest BCUT2D eigenvalue weighted by atomic mass is 127. The summed E-state index contributed by atoms with van der Waals surface area (Å²) in [5.41, 5.74) is 0. The van der Waals surface area contributed by atoms with Gasteiger partial charge in [-0.1, -0.05) is 45.4 Å². The fourth-order valence-electron chi connectivity index (χ4n) is 1.50. The van der Waals surface area contributed by atoms with Crippen molar-refractivity contribution in [3.05, 3.63) is 6.07 Å². The number of unbranched alkanes of at least 4 members (excludes halogenated alkanes) is 6. The molecule has 5 heteroatoms. The minimum atomic E-state index is -0.0807. The van der Waals surface area contributed by atoms with Crippen molar-refractivity contribution >= 4 is 67.1 Å². The lowest BCUT2D eigenvalue weighted by Gasteiger charge is -2.04. The van der Waals surface area contributed by atoms with Crippen molar-refractivity contribution in [3.8, 4) is 0 Å². The molecule has 106 valence electrons. The molecule has 0 unspecified atom stereocenters. The molecule has 18 heavy (non-hydrogen) atoms. The third-order valence-electron chi connectivity index (χ3n) is 2.55. The van der Waals surface area contributed by atoms with Gasteiger partial charge in [-0.3, -0.25) is 4.79 Å². The van der Waals surface area contributed by atoms with E-state index in [1.165, 1.54) is 32.1 Å². The van der Waals surface area contributed by atoms with Gasteiger partial charge in [-0.2, -0.15) is 0 Å². The Bertz CT molecular complexity index is 264.